The number of carbonyl (C=O) groups is 1. The zero-order valence-corrected chi connectivity index (χ0v) is 12.5. The topological polar surface area (TPSA) is 23.6 Å². The molecule has 5 heteroatoms. The van der Waals surface area contributed by atoms with Gasteiger partial charge in [0.25, 0.3) is 5.91 Å². The molecule has 104 valence electrons. The summed E-state index contributed by atoms with van der Waals surface area (Å²) in [7, 11) is 0. The molecule has 0 saturated carbocycles. The smallest absolute Gasteiger partial charge is 0.254 e. The third-order valence-corrected chi connectivity index (χ3v) is 4.14. The lowest BCUT2D eigenvalue weighted by atomic mass is 10.1. The van der Waals surface area contributed by atoms with Gasteiger partial charge in [-0.1, -0.05) is 17.7 Å². The predicted octanol–water partition coefficient (Wildman–Crippen LogP) is 2.65. The van der Waals surface area contributed by atoms with E-state index in [2.05, 4.69) is 4.90 Å². The van der Waals surface area contributed by atoms with Crippen LogP contribution in [0.2, 0.25) is 5.02 Å². The number of alkyl halides is 1. The van der Waals surface area contributed by atoms with Gasteiger partial charge in [-0.2, -0.15) is 0 Å². The van der Waals surface area contributed by atoms with Crippen LogP contribution in [0, 0.1) is 6.92 Å². The molecule has 0 bridgehead atoms. The molecule has 1 aromatic rings. The van der Waals surface area contributed by atoms with Crippen LogP contribution in [-0.2, 0) is 0 Å². The lowest BCUT2D eigenvalue weighted by Crippen LogP contribution is -2.49. The molecule has 1 saturated heterocycles. The molecule has 1 aliphatic heterocycles. The fraction of sp³-hybridized carbons (Fsp3) is 0.500. The molecule has 1 aromatic carbocycles. The summed E-state index contributed by atoms with van der Waals surface area (Å²) < 4.78 is 0. The Hall–Kier alpha value is -0.770. The quantitative estimate of drug-likeness (QED) is 0.801. The Morgan fingerprint density at radius 3 is 2.58 bits per heavy atom. The molecule has 19 heavy (non-hydrogen) atoms. The van der Waals surface area contributed by atoms with Gasteiger partial charge in [0.2, 0.25) is 0 Å². The number of halogens is 2. The van der Waals surface area contributed by atoms with E-state index < -0.39 is 0 Å². The highest BCUT2D eigenvalue weighted by Gasteiger charge is 2.23. The molecule has 0 aliphatic carbocycles. The van der Waals surface area contributed by atoms with Gasteiger partial charge in [0.1, 0.15) is 0 Å². The summed E-state index contributed by atoms with van der Waals surface area (Å²) in [6.45, 7) is 6.05. The molecule has 1 fully saturated rings. The first-order valence-corrected chi connectivity index (χ1v) is 7.37. The number of rotatable bonds is 3. The highest BCUT2D eigenvalue weighted by Crippen LogP contribution is 2.20. The van der Waals surface area contributed by atoms with E-state index >= 15 is 0 Å². The summed E-state index contributed by atoms with van der Waals surface area (Å²) in [5.74, 6) is 0.715. The molecular formula is C14H18Cl2N2O. The second-order valence-corrected chi connectivity index (χ2v) is 5.52. The van der Waals surface area contributed by atoms with Crippen molar-refractivity contribution in [2.75, 3.05) is 38.6 Å². The van der Waals surface area contributed by atoms with Crippen molar-refractivity contribution >= 4 is 29.1 Å². The maximum atomic E-state index is 12.5. The van der Waals surface area contributed by atoms with Crippen molar-refractivity contribution in [3.8, 4) is 0 Å². The van der Waals surface area contributed by atoms with E-state index in [1.807, 2.05) is 30.0 Å². The molecule has 1 heterocycles. The van der Waals surface area contributed by atoms with Crippen LogP contribution in [0.5, 0.6) is 0 Å². The first-order chi connectivity index (χ1) is 9.13. The molecule has 2 rings (SSSR count). The van der Waals surface area contributed by atoms with E-state index in [-0.39, 0.29) is 5.91 Å². The normalized spacial score (nSPS) is 16.7. The van der Waals surface area contributed by atoms with Crippen molar-refractivity contribution < 1.29 is 4.79 Å². The average Bonchev–Trinajstić information content (AvgIpc) is 2.42. The summed E-state index contributed by atoms with van der Waals surface area (Å²) in [5, 5.41) is 0.645. The van der Waals surface area contributed by atoms with Gasteiger partial charge in [0.05, 0.1) is 0 Å². The molecule has 0 spiro atoms. The maximum absolute atomic E-state index is 12.5. The van der Waals surface area contributed by atoms with E-state index in [4.69, 9.17) is 23.2 Å². The second-order valence-electron chi connectivity index (χ2n) is 4.74. The van der Waals surface area contributed by atoms with Crippen LogP contribution in [0.25, 0.3) is 0 Å². The Labute approximate surface area is 124 Å². The van der Waals surface area contributed by atoms with E-state index in [9.17, 15) is 4.79 Å². The first-order valence-electron chi connectivity index (χ1n) is 6.46. The van der Waals surface area contributed by atoms with Crippen molar-refractivity contribution in [2.24, 2.45) is 0 Å². The minimum absolute atomic E-state index is 0.0746. The number of hydrogen-bond donors (Lipinski definition) is 0. The lowest BCUT2D eigenvalue weighted by Gasteiger charge is -2.34. The Morgan fingerprint density at radius 1 is 1.26 bits per heavy atom. The minimum Gasteiger partial charge on any atom is -0.336 e. The summed E-state index contributed by atoms with van der Waals surface area (Å²) in [4.78, 5) is 16.6. The molecular weight excluding hydrogens is 283 g/mol. The third kappa shape index (κ3) is 3.41. The van der Waals surface area contributed by atoms with Crippen molar-refractivity contribution in [2.45, 2.75) is 6.92 Å². The molecule has 0 atom stereocenters. The summed E-state index contributed by atoms with van der Waals surface area (Å²) in [6, 6.07) is 5.48. The highest BCUT2D eigenvalue weighted by molar-refractivity contribution is 6.31. The van der Waals surface area contributed by atoms with Crippen molar-refractivity contribution in [1.29, 1.82) is 0 Å². The van der Waals surface area contributed by atoms with Crippen LogP contribution < -0.4 is 0 Å². The van der Waals surface area contributed by atoms with E-state index in [1.54, 1.807) is 0 Å². The second kappa shape index (κ2) is 6.60. The van der Waals surface area contributed by atoms with Crippen molar-refractivity contribution in [3.63, 3.8) is 0 Å². The Bertz CT molecular complexity index is 457. The monoisotopic (exact) mass is 300 g/mol. The summed E-state index contributed by atoms with van der Waals surface area (Å²) in [5.41, 5.74) is 1.57. The number of amides is 1. The van der Waals surface area contributed by atoms with Gasteiger partial charge >= 0.3 is 0 Å². The highest BCUT2D eigenvalue weighted by atomic mass is 35.5. The molecule has 1 aliphatic rings. The first kappa shape index (κ1) is 14.6. The number of piperazine rings is 1. The summed E-state index contributed by atoms with van der Waals surface area (Å²) in [6.07, 6.45) is 0. The fourth-order valence-corrected chi connectivity index (χ4v) is 2.72. The zero-order valence-electron chi connectivity index (χ0n) is 11.0. The van der Waals surface area contributed by atoms with Gasteiger partial charge in [-0.25, -0.2) is 0 Å². The Morgan fingerprint density at radius 2 is 1.95 bits per heavy atom. The SMILES string of the molecule is Cc1c(Cl)cccc1C(=O)N1CCN(CCCl)CC1. The number of carbonyl (C=O) groups excluding carboxylic acids is 1. The number of hydrogen-bond acceptors (Lipinski definition) is 2. The lowest BCUT2D eigenvalue weighted by molar-refractivity contribution is 0.0643. The molecule has 3 nitrogen and oxygen atoms in total. The minimum atomic E-state index is 0.0746. The average molecular weight is 301 g/mol. The van der Waals surface area contributed by atoms with Gasteiger partial charge in [0, 0.05) is 49.2 Å². The Kier molecular flexibility index (Phi) is 5.08. The Balaban J connectivity index is 2.03. The number of nitrogens with zero attached hydrogens (tertiary/aromatic N) is 2. The van der Waals surface area contributed by atoms with Crippen molar-refractivity contribution in [3.05, 3.63) is 34.3 Å². The predicted molar refractivity (Wildman–Crippen MR) is 79.3 cm³/mol. The molecule has 0 unspecified atom stereocenters. The van der Waals surface area contributed by atoms with Gasteiger partial charge in [-0.15, -0.1) is 11.6 Å². The maximum Gasteiger partial charge on any atom is 0.254 e. The van der Waals surface area contributed by atoms with Gasteiger partial charge in [0.15, 0.2) is 0 Å². The van der Waals surface area contributed by atoms with Gasteiger partial charge in [-0.3, -0.25) is 9.69 Å². The molecule has 0 N–H and O–H groups in total. The largest absolute Gasteiger partial charge is 0.336 e. The molecule has 1 amide bonds. The van der Waals surface area contributed by atoms with Crippen LogP contribution >= 0.6 is 23.2 Å². The van der Waals surface area contributed by atoms with E-state index in [0.717, 1.165) is 38.3 Å². The van der Waals surface area contributed by atoms with Crippen LogP contribution in [0.15, 0.2) is 18.2 Å². The van der Waals surface area contributed by atoms with Crippen LogP contribution in [0.4, 0.5) is 0 Å². The standard InChI is InChI=1S/C14H18Cl2N2O/c1-11-12(3-2-4-13(11)16)14(19)18-9-7-17(6-5-15)8-10-18/h2-4H,5-10H2,1H3. The van der Waals surface area contributed by atoms with Crippen LogP contribution in [-0.4, -0.2) is 54.3 Å². The van der Waals surface area contributed by atoms with Crippen molar-refractivity contribution in [1.82, 2.24) is 9.80 Å². The van der Waals surface area contributed by atoms with E-state index in [0.29, 0.717) is 16.5 Å². The molecule has 0 aromatic heterocycles. The van der Waals surface area contributed by atoms with E-state index in [1.165, 1.54) is 0 Å². The third-order valence-electron chi connectivity index (χ3n) is 3.56. The zero-order chi connectivity index (χ0) is 13.8. The summed E-state index contributed by atoms with van der Waals surface area (Å²) >= 11 is 11.8. The van der Waals surface area contributed by atoms with Crippen LogP contribution in [0.3, 0.4) is 0 Å². The number of benzene rings is 1. The van der Waals surface area contributed by atoms with Gasteiger partial charge < -0.3 is 4.90 Å². The van der Waals surface area contributed by atoms with Crippen LogP contribution in [0.1, 0.15) is 15.9 Å². The van der Waals surface area contributed by atoms with Gasteiger partial charge in [-0.05, 0) is 24.6 Å². The molecule has 0 radical (unpaired) electrons. The fourth-order valence-electron chi connectivity index (χ4n) is 2.30.